The number of rotatable bonds is 4. The van der Waals surface area contributed by atoms with Gasteiger partial charge in [-0.05, 0) is 18.2 Å². The number of aryl methyl sites for hydroxylation is 1. The molecule has 0 aliphatic heterocycles. The molecule has 0 unspecified atom stereocenters. The first-order valence-corrected chi connectivity index (χ1v) is 5.89. The predicted molar refractivity (Wildman–Crippen MR) is 68.4 cm³/mol. The standard InChI is InChI=1S/C13H13ClN2O/c1-17-11-4-2-3-10(9-11)12-6-8-15-13(16-12)5-7-14/h2-4,6,8-9H,5,7H2,1H3. The monoisotopic (exact) mass is 248 g/mol. The summed E-state index contributed by atoms with van der Waals surface area (Å²) in [6, 6.07) is 9.68. The highest BCUT2D eigenvalue weighted by Gasteiger charge is 2.03. The molecular weight excluding hydrogens is 236 g/mol. The van der Waals surface area contributed by atoms with Crippen molar-refractivity contribution in [1.29, 1.82) is 0 Å². The normalized spacial score (nSPS) is 10.2. The molecule has 0 N–H and O–H groups in total. The second-order valence-corrected chi connectivity index (χ2v) is 3.91. The minimum absolute atomic E-state index is 0.529. The van der Waals surface area contributed by atoms with E-state index in [1.54, 1.807) is 13.3 Å². The maximum atomic E-state index is 5.68. The van der Waals surface area contributed by atoms with Crippen molar-refractivity contribution in [3.8, 4) is 17.0 Å². The van der Waals surface area contributed by atoms with Crippen LogP contribution in [0.25, 0.3) is 11.3 Å². The van der Waals surface area contributed by atoms with E-state index in [1.165, 1.54) is 0 Å². The Kier molecular flexibility index (Phi) is 3.94. The molecule has 0 fully saturated rings. The second-order valence-electron chi connectivity index (χ2n) is 3.53. The molecule has 17 heavy (non-hydrogen) atoms. The lowest BCUT2D eigenvalue weighted by Gasteiger charge is -2.05. The van der Waals surface area contributed by atoms with Crippen LogP contribution in [0.1, 0.15) is 5.82 Å². The summed E-state index contributed by atoms with van der Waals surface area (Å²) in [6.07, 6.45) is 2.43. The number of methoxy groups -OCH3 is 1. The van der Waals surface area contributed by atoms with Crippen molar-refractivity contribution in [2.75, 3.05) is 13.0 Å². The van der Waals surface area contributed by atoms with Gasteiger partial charge in [0.2, 0.25) is 0 Å². The Bertz CT molecular complexity index is 502. The van der Waals surface area contributed by atoms with Gasteiger partial charge in [-0.2, -0.15) is 0 Å². The summed E-state index contributed by atoms with van der Waals surface area (Å²) in [6.45, 7) is 0. The fraction of sp³-hybridized carbons (Fsp3) is 0.231. The van der Waals surface area contributed by atoms with E-state index < -0.39 is 0 Å². The zero-order valence-corrected chi connectivity index (χ0v) is 10.3. The summed E-state index contributed by atoms with van der Waals surface area (Å²) >= 11 is 5.68. The third-order valence-electron chi connectivity index (χ3n) is 2.39. The van der Waals surface area contributed by atoms with Gasteiger partial charge in [0.05, 0.1) is 12.8 Å². The van der Waals surface area contributed by atoms with Gasteiger partial charge in [0.1, 0.15) is 11.6 Å². The summed E-state index contributed by atoms with van der Waals surface area (Å²) < 4.78 is 5.19. The molecule has 0 aliphatic carbocycles. The Morgan fingerprint density at radius 3 is 2.94 bits per heavy atom. The molecule has 4 heteroatoms. The van der Waals surface area contributed by atoms with Crippen LogP contribution in [0.5, 0.6) is 5.75 Å². The number of hydrogen-bond donors (Lipinski definition) is 0. The zero-order chi connectivity index (χ0) is 12.1. The minimum Gasteiger partial charge on any atom is -0.497 e. The minimum atomic E-state index is 0.529. The Balaban J connectivity index is 2.34. The SMILES string of the molecule is COc1cccc(-c2ccnc(CCCl)n2)c1. The topological polar surface area (TPSA) is 35.0 Å². The van der Waals surface area contributed by atoms with E-state index in [4.69, 9.17) is 16.3 Å². The molecule has 3 nitrogen and oxygen atoms in total. The van der Waals surface area contributed by atoms with E-state index >= 15 is 0 Å². The van der Waals surface area contributed by atoms with Gasteiger partial charge in [0.15, 0.2) is 0 Å². The molecular formula is C13H13ClN2O. The number of halogens is 1. The highest BCUT2D eigenvalue weighted by Crippen LogP contribution is 2.21. The second kappa shape index (κ2) is 5.64. The van der Waals surface area contributed by atoms with Crippen LogP contribution < -0.4 is 4.74 Å². The summed E-state index contributed by atoms with van der Waals surface area (Å²) in [7, 11) is 1.65. The van der Waals surface area contributed by atoms with Crippen LogP contribution in [0.2, 0.25) is 0 Å². The number of nitrogens with zero attached hydrogens (tertiary/aromatic N) is 2. The maximum absolute atomic E-state index is 5.68. The van der Waals surface area contributed by atoms with Crippen LogP contribution in [0, 0.1) is 0 Å². The molecule has 0 bridgehead atoms. The fourth-order valence-corrected chi connectivity index (χ4v) is 1.72. The smallest absolute Gasteiger partial charge is 0.130 e. The van der Waals surface area contributed by atoms with Gasteiger partial charge in [0.25, 0.3) is 0 Å². The summed E-state index contributed by atoms with van der Waals surface area (Å²) in [5, 5.41) is 0. The largest absolute Gasteiger partial charge is 0.497 e. The van der Waals surface area contributed by atoms with Crippen LogP contribution >= 0.6 is 11.6 Å². The summed E-state index contributed by atoms with van der Waals surface area (Å²) in [5.41, 5.74) is 1.90. The number of aromatic nitrogens is 2. The molecule has 1 aromatic heterocycles. The Morgan fingerprint density at radius 1 is 1.29 bits per heavy atom. The van der Waals surface area contributed by atoms with Gasteiger partial charge in [-0.1, -0.05) is 12.1 Å². The van der Waals surface area contributed by atoms with Crippen molar-refractivity contribution in [1.82, 2.24) is 9.97 Å². The first-order valence-electron chi connectivity index (χ1n) is 5.36. The summed E-state index contributed by atoms with van der Waals surface area (Å²) in [5.74, 6) is 2.11. The molecule has 0 saturated heterocycles. The van der Waals surface area contributed by atoms with Crippen LogP contribution in [0.4, 0.5) is 0 Å². The lowest BCUT2D eigenvalue weighted by atomic mass is 10.1. The fourth-order valence-electron chi connectivity index (χ4n) is 1.55. The summed E-state index contributed by atoms with van der Waals surface area (Å²) in [4.78, 5) is 8.63. The number of ether oxygens (including phenoxy) is 1. The van der Waals surface area contributed by atoms with Crippen molar-refractivity contribution < 1.29 is 4.74 Å². The van der Waals surface area contributed by atoms with E-state index in [-0.39, 0.29) is 0 Å². The van der Waals surface area contributed by atoms with E-state index in [2.05, 4.69) is 9.97 Å². The highest BCUT2D eigenvalue weighted by atomic mass is 35.5. The van der Waals surface area contributed by atoms with Gasteiger partial charge in [-0.25, -0.2) is 9.97 Å². The van der Waals surface area contributed by atoms with Gasteiger partial charge >= 0.3 is 0 Å². The molecule has 0 atom stereocenters. The van der Waals surface area contributed by atoms with E-state index in [9.17, 15) is 0 Å². The molecule has 0 radical (unpaired) electrons. The molecule has 0 aliphatic rings. The van der Waals surface area contributed by atoms with Crippen molar-refractivity contribution >= 4 is 11.6 Å². The maximum Gasteiger partial charge on any atom is 0.130 e. The molecule has 0 spiro atoms. The third-order valence-corrected chi connectivity index (χ3v) is 2.58. The number of benzene rings is 1. The van der Waals surface area contributed by atoms with Gasteiger partial charge in [-0.15, -0.1) is 11.6 Å². The Hall–Kier alpha value is -1.61. The van der Waals surface area contributed by atoms with Crippen molar-refractivity contribution in [3.63, 3.8) is 0 Å². The van der Waals surface area contributed by atoms with Crippen LogP contribution in [-0.4, -0.2) is 23.0 Å². The third kappa shape index (κ3) is 2.94. The van der Waals surface area contributed by atoms with E-state index in [0.29, 0.717) is 12.3 Å². The average Bonchev–Trinajstić information content (AvgIpc) is 2.40. The number of alkyl halides is 1. The quantitative estimate of drug-likeness (QED) is 0.781. The molecule has 1 heterocycles. The zero-order valence-electron chi connectivity index (χ0n) is 9.56. The predicted octanol–water partition coefficient (Wildman–Crippen LogP) is 2.93. The molecule has 0 amide bonds. The van der Waals surface area contributed by atoms with E-state index in [1.807, 2.05) is 30.3 Å². The van der Waals surface area contributed by atoms with Crippen molar-refractivity contribution in [2.24, 2.45) is 0 Å². The lowest BCUT2D eigenvalue weighted by Crippen LogP contribution is -1.97. The molecule has 2 aromatic rings. The van der Waals surface area contributed by atoms with Crippen LogP contribution in [0.3, 0.4) is 0 Å². The van der Waals surface area contributed by atoms with Crippen molar-refractivity contribution in [3.05, 3.63) is 42.4 Å². The number of hydrogen-bond acceptors (Lipinski definition) is 3. The first-order chi connectivity index (χ1) is 8.33. The lowest BCUT2D eigenvalue weighted by molar-refractivity contribution is 0.415. The molecule has 1 aromatic carbocycles. The van der Waals surface area contributed by atoms with E-state index in [0.717, 1.165) is 22.8 Å². The van der Waals surface area contributed by atoms with Gasteiger partial charge < -0.3 is 4.74 Å². The molecule has 0 saturated carbocycles. The van der Waals surface area contributed by atoms with Gasteiger partial charge in [0, 0.05) is 24.1 Å². The average molecular weight is 249 g/mol. The highest BCUT2D eigenvalue weighted by molar-refractivity contribution is 6.17. The Labute approximate surface area is 105 Å². The van der Waals surface area contributed by atoms with Crippen molar-refractivity contribution in [2.45, 2.75) is 6.42 Å². The van der Waals surface area contributed by atoms with Crippen LogP contribution in [0.15, 0.2) is 36.5 Å². The van der Waals surface area contributed by atoms with Gasteiger partial charge in [-0.3, -0.25) is 0 Å². The first kappa shape index (κ1) is 11.9. The van der Waals surface area contributed by atoms with Crippen LogP contribution in [-0.2, 0) is 6.42 Å². The Morgan fingerprint density at radius 2 is 2.18 bits per heavy atom. The molecule has 2 rings (SSSR count). The molecule has 88 valence electrons.